The average Bonchev–Trinajstić information content (AvgIpc) is 3.56. The fourth-order valence-electron chi connectivity index (χ4n) is 7.21. The summed E-state index contributed by atoms with van der Waals surface area (Å²) < 4.78 is 45.9. The number of benzene rings is 4. The summed E-state index contributed by atoms with van der Waals surface area (Å²) in [6.07, 6.45) is -1.24. The van der Waals surface area contributed by atoms with Crippen molar-refractivity contribution in [1.29, 1.82) is 0 Å². The van der Waals surface area contributed by atoms with Crippen molar-refractivity contribution < 1.29 is 32.3 Å². The number of piperazine rings is 1. The van der Waals surface area contributed by atoms with E-state index >= 15 is 0 Å². The van der Waals surface area contributed by atoms with E-state index in [2.05, 4.69) is 0 Å². The van der Waals surface area contributed by atoms with E-state index < -0.39 is 42.0 Å². The lowest BCUT2D eigenvalue weighted by atomic mass is 9.88. The highest BCUT2D eigenvalue weighted by Gasteiger charge is 2.58. The van der Waals surface area contributed by atoms with Crippen molar-refractivity contribution in [2.75, 3.05) is 43.4 Å². The Bertz CT molecular complexity index is 1920. The Morgan fingerprint density at radius 3 is 2.19 bits per heavy atom. The van der Waals surface area contributed by atoms with Gasteiger partial charge in [0.1, 0.15) is 18.7 Å². The minimum Gasteiger partial charge on any atom is -0.447 e. The zero-order chi connectivity index (χ0) is 37.0. The Morgan fingerprint density at radius 1 is 0.849 bits per heavy atom. The van der Waals surface area contributed by atoms with E-state index in [1.807, 2.05) is 108 Å². The van der Waals surface area contributed by atoms with Crippen molar-refractivity contribution in [2.24, 2.45) is 0 Å². The van der Waals surface area contributed by atoms with Crippen molar-refractivity contribution >= 4 is 41.4 Å². The smallest absolute Gasteiger partial charge is 0.416 e. The Balaban J connectivity index is 1.16. The predicted octanol–water partition coefficient (Wildman–Crippen LogP) is 7.14. The van der Waals surface area contributed by atoms with Gasteiger partial charge in [-0.15, -0.1) is 0 Å². The second kappa shape index (κ2) is 15.8. The zero-order valence-corrected chi connectivity index (χ0v) is 29.7. The SMILES string of the molecule is O=C(C(CSCc1ccccc1)N1C(=O)[C@@H](N2C(=O)OC[C@@H]2c2ccccc2)[C@H]1/C=C/c1ccccc1)N1CCN(c2cccc(C(F)(F)F)c2)CC1. The first kappa shape index (κ1) is 36.1. The molecule has 4 atom stereocenters. The van der Waals surface area contributed by atoms with Gasteiger partial charge >= 0.3 is 12.3 Å². The second-order valence-corrected chi connectivity index (χ2v) is 14.3. The van der Waals surface area contributed by atoms with E-state index in [4.69, 9.17) is 4.74 Å². The highest BCUT2D eigenvalue weighted by Crippen LogP contribution is 2.39. The van der Waals surface area contributed by atoms with Gasteiger partial charge in [0.25, 0.3) is 0 Å². The number of hydrogen-bond acceptors (Lipinski definition) is 6. The highest BCUT2D eigenvalue weighted by atomic mass is 32.2. The molecule has 1 unspecified atom stereocenters. The van der Waals surface area contributed by atoms with Gasteiger partial charge in [-0.05, 0) is 34.9 Å². The fourth-order valence-corrected chi connectivity index (χ4v) is 8.28. The molecule has 274 valence electrons. The summed E-state index contributed by atoms with van der Waals surface area (Å²) in [5.74, 6) is 0.359. The number of carbonyl (C=O) groups is 3. The molecular weight excluding hydrogens is 702 g/mol. The molecule has 53 heavy (non-hydrogen) atoms. The third-order valence-electron chi connectivity index (χ3n) is 9.97. The number of hydrogen-bond donors (Lipinski definition) is 0. The molecule has 7 rings (SSSR count). The zero-order valence-electron chi connectivity index (χ0n) is 28.8. The molecule has 0 N–H and O–H groups in total. The average molecular weight is 741 g/mol. The summed E-state index contributed by atoms with van der Waals surface area (Å²) in [6, 6.07) is 31.3. The molecule has 0 aromatic heterocycles. The number of halogens is 3. The number of ether oxygens (including phenoxy) is 1. The van der Waals surface area contributed by atoms with Gasteiger partial charge in [0.05, 0.1) is 17.6 Å². The molecule has 3 amide bonds. The Kier molecular flexibility index (Phi) is 10.8. The molecule has 0 spiro atoms. The lowest BCUT2D eigenvalue weighted by Gasteiger charge is -2.53. The molecule has 0 radical (unpaired) electrons. The number of amides is 3. The van der Waals surface area contributed by atoms with Gasteiger partial charge < -0.3 is 19.4 Å². The van der Waals surface area contributed by atoms with Crippen molar-refractivity contribution in [3.63, 3.8) is 0 Å². The number of rotatable bonds is 11. The first-order valence-electron chi connectivity index (χ1n) is 17.6. The second-order valence-electron chi connectivity index (χ2n) is 13.2. The van der Waals surface area contributed by atoms with E-state index in [0.717, 1.165) is 28.8 Å². The molecule has 8 nitrogen and oxygen atoms in total. The highest BCUT2D eigenvalue weighted by molar-refractivity contribution is 7.98. The van der Waals surface area contributed by atoms with Gasteiger partial charge in [0.15, 0.2) is 0 Å². The molecule has 3 saturated heterocycles. The molecular formula is C41H39F3N4O4S. The van der Waals surface area contributed by atoms with E-state index in [-0.39, 0.29) is 31.5 Å². The van der Waals surface area contributed by atoms with Gasteiger partial charge in [-0.3, -0.25) is 14.5 Å². The third-order valence-corrected chi connectivity index (χ3v) is 11.1. The molecule has 3 aliphatic rings. The van der Waals surface area contributed by atoms with Gasteiger partial charge in [-0.2, -0.15) is 24.9 Å². The quantitative estimate of drug-likeness (QED) is 0.152. The van der Waals surface area contributed by atoms with Crippen LogP contribution in [-0.4, -0.2) is 89.3 Å². The molecule has 0 bridgehead atoms. The molecule has 0 aliphatic carbocycles. The van der Waals surface area contributed by atoms with Crippen LogP contribution in [0.25, 0.3) is 6.08 Å². The first-order chi connectivity index (χ1) is 25.7. The van der Waals surface area contributed by atoms with Crippen LogP contribution in [0, 0.1) is 0 Å². The van der Waals surface area contributed by atoms with Gasteiger partial charge in [-0.1, -0.05) is 109 Å². The van der Waals surface area contributed by atoms with E-state index in [1.165, 1.54) is 11.0 Å². The summed E-state index contributed by atoms with van der Waals surface area (Å²) in [5.41, 5.74) is 2.55. The monoisotopic (exact) mass is 740 g/mol. The maximum absolute atomic E-state index is 14.6. The lowest BCUT2D eigenvalue weighted by Crippen LogP contribution is -2.75. The van der Waals surface area contributed by atoms with Crippen molar-refractivity contribution in [2.45, 2.75) is 36.1 Å². The van der Waals surface area contributed by atoms with Gasteiger partial charge in [0, 0.05) is 43.4 Å². The summed E-state index contributed by atoms with van der Waals surface area (Å²) >= 11 is 1.55. The number of anilines is 1. The van der Waals surface area contributed by atoms with Crippen LogP contribution >= 0.6 is 11.8 Å². The van der Waals surface area contributed by atoms with E-state index in [9.17, 15) is 27.6 Å². The van der Waals surface area contributed by atoms with Crippen LogP contribution in [0.15, 0.2) is 121 Å². The van der Waals surface area contributed by atoms with Crippen molar-refractivity contribution in [3.8, 4) is 0 Å². The largest absolute Gasteiger partial charge is 0.447 e. The first-order valence-corrected chi connectivity index (χ1v) is 18.7. The molecule has 3 aliphatic heterocycles. The van der Waals surface area contributed by atoms with Crippen LogP contribution in [-0.2, 0) is 26.3 Å². The molecule has 3 fully saturated rings. The van der Waals surface area contributed by atoms with Crippen LogP contribution in [0.5, 0.6) is 0 Å². The Hall–Kier alpha value is -5.23. The number of cyclic esters (lactones) is 1. The number of nitrogens with zero attached hydrogens (tertiary/aromatic N) is 4. The van der Waals surface area contributed by atoms with Crippen LogP contribution in [0.1, 0.15) is 28.3 Å². The molecule has 3 heterocycles. The standard InChI is InChI=1S/C41H39F3N4O4S/c42-41(43,44)32-17-10-18-33(25-32)45-21-23-46(24-22-45)38(49)36(28-53-27-30-13-6-2-7-14-30)47-34(20-19-29-11-4-1-5-12-29)37(39(47)50)48-35(26-52-40(48)51)31-15-8-3-9-16-31/h1-20,25,34-37H,21-24,26-28H2/b20-19+/t34-,35-,36?,37+/m1/s1. The molecule has 12 heteroatoms. The van der Waals surface area contributed by atoms with Crippen LogP contribution in [0.4, 0.5) is 23.7 Å². The summed E-state index contributed by atoms with van der Waals surface area (Å²) in [5, 5.41) is 0. The van der Waals surface area contributed by atoms with E-state index in [0.29, 0.717) is 30.3 Å². The minimum absolute atomic E-state index is 0.104. The molecule has 4 aromatic rings. The van der Waals surface area contributed by atoms with Crippen LogP contribution < -0.4 is 4.90 Å². The number of carbonyl (C=O) groups excluding carboxylic acids is 3. The maximum atomic E-state index is 14.6. The van der Waals surface area contributed by atoms with Crippen LogP contribution in [0.3, 0.4) is 0 Å². The summed E-state index contributed by atoms with van der Waals surface area (Å²) in [7, 11) is 0. The summed E-state index contributed by atoms with van der Waals surface area (Å²) in [6.45, 7) is 1.33. The molecule has 0 saturated carbocycles. The lowest BCUT2D eigenvalue weighted by molar-refractivity contribution is -0.164. The van der Waals surface area contributed by atoms with Crippen molar-refractivity contribution in [3.05, 3.63) is 144 Å². The fraction of sp³-hybridized carbons (Fsp3) is 0.293. The van der Waals surface area contributed by atoms with Gasteiger partial charge in [0.2, 0.25) is 11.8 Å². The van der Waals surface area contributed by atoms with Crippen LogP contribution in [0.2, 0.25) is 0 Å². The maximum Gasteiger partial charge on any atom is 0.416 e. The third kappa shape index (κ3) is 7.92. The Morgan fingerprint density at radius 2 is 1.51 bits per heavy atom. The predicted molar refractivity (Wildman–Crippen MR) is 199 cm³/mol. The summed E-state index contributed by atoms with van der Waals surface area (Å²) in [4.78, 5) is 49.0. The number of alkyl halides is 3. The minimum atomic E-state index is -4.46. The number of likely N-dealkylation sites (tertiary alicyclic amines) is 1. The Labute approximate surface area is 310 Å². The number of thioether (sulfide) groups is 1. The van der Waals surface area contributed by atoms with Crippen molar-refractivity contribution in [1.82, 2.24) is 14.7 Å². The normalized spacial score (nSPS) is 21.2. The topological polar surface area (TPSA) is 73.4 Å². The number of β-lactam (4-membered cyclic amide) rings is 1. The van der Waals surface area contributed by atoms with Gasteiger partial charge in [-0.25, -0.2) is 4.79 Å². The molecule has 4 aromatic carbocycles. The van der Waals surface area contributed by atoms with E-state index in [1.54, 1.807) is 27.6 Å².